The molecule has 0 rings (SSSR count). The van der Waals surface area contributed by atoms with Crippen molar-refractivity contribution in [2.75, 3.05) is 13.2 Å². The third-order valence-electron chi connectivity index (χ3n) is 15.0. The average Bonchev–Trinajstić information content (AvgIpc) is 3.49. The van der Waals surface area contributed by atoms with E-state index in [1.807, 2.05) is 0 Å². The van der Waals surface area contributed by atoms with E-state index in [0.29, 0.717) is 19.3 Å². The summed E-state index contributed by atoms with van der Waals surface area (Å²) in [7, 11) is 0. The van der Waals surface area contributed by atoms with Gasteiger partial charge >= 0.3 is 17.9 Å². The van der Waals surface area contributed by atoms with Crippen molar-refractivity contribution in [2.24, 2.45) is 0 Å². The summed E-state index contributed by atoms with van der Waals surface area (Å²) < 4.78 is 17.0. The van der Waals surface area contributed by atoms with Crippen molar-refractivity contribution >= 4 is 17.9 Å². The molecule has 0 N–H and O–H groups in total. The minimum Gasteiger partial charge on any atom is -0.462 e. The molecule has 0 aliphatic carbocycles. The summed E-state index contributed by atoms with van der Waals surface area (Å²) in [6.07, 6.45) is 97.8. The van der Waals surface area contributed by atoms with E-state index in [-0.39, 0.29) is 31.1 Å². The lowest BCUT2D eigenvalue weighted by Crippen LogP contribution is -2.30. The molecule has 0 saturated carbocycles. The molecule has 1 atom stereocenters. The quantitative estimate of drug-likeness (QED) is 0.0261. The van der Waals surface area contributed by atoms with Crippen LogP contribution in [0.25, 0.3) is 0 Å². The smallest absolute Gasteiger partial charge is 0.306 e. The molecule has 474 valence electrons. The van der Waals surface area contributed by atoms with Crippen molar-refractivity contribution in [3.05, 3.63) is 122 Å². The molecule has 0 amide bonds. The van der Waals surface area contributed by atoms with E-state index in [1.165, 1.54) is 154 Å². The monoisotopic (exact) mass is 1150 g/mol. The molecule has 0 aromatic rings. The highest BCUT2D eigenvalue weighted by molar-refractivity contribution is 5.71. The molecular formula is C77H130O6. The van der Waals surface area contributed by atoms with Gasteiger partial charge in [0.15, 0.2) is 6.10 Å². The molecule has 0 aromatic carbocycles. The normalized spacial score (nSPS) is 12.9. The number of hydrogen-bond donors (Lipinski definition) is 0. The van der Waals surface area contributed by atoms with Gasteiger partial charge < -0.3 is 14.2 Å². The van der Waals surface area contributed by atoms with E-state index in [2.05, 4.69) is 142 Å². The largest absolute Gasteiger partial charge is 0.462 e. The average molecular weight is 1150 g/mol. The van der Waals surface area contributed by atoms with Gasteiger partial charge in [-0.1, -0.05) is 322 Å². The van der Waals surface area contributed by atoms with Crippen LogP contribution in [0.2, 0.25) is 0 Å². The Morgan fingerprint density at radius 3 is 0.735 bits per heavy atom. The number of allylic oxidation sites excluding steroid dienone is 20. The van der Waals surface area contributed by atoms with Gasteiger partial charge in [-0.25, -0.2) is 0 Å². The maximum Gasteiger partial charge on any atom is 0.306 e. The molecule has 0 spiro atoms. The summed E-state index contributed by atoms with van der Waals surface area (Å²) >= 11 is 0. The van der Waals surface area contributed by atoms with Gasteiger partial charge in [-0.3, -0.25) is 14.4 Å². The van der Waals surface area contributed by atoms with Crippen molar-refractivity contribution < 1.29 is 28.6 Å². The second kappa shape index (κ2) is 70.3. The van der Waals surface area contributed by atoms with E-state index < -0.39 is 6.10 Å². The third kappa shape index (κ3) is 68.5. The van der Waals surface area contributed by atoms with Crippen LogP contribution in [-0.2, 0) is 28.6 Å². The molecular weight excluding hydrogens is 1020 g/mol. The van der Waals surface area contributed by atoms with Crippen LogP contribution in [-0.4, -0.2) is 37.2 Å². The zero-order chi connectivity index (χ0) is 59.9. The highest BCUT2D eigenvalue weighted by Crippen LogP contribution is 2.17. The Balaban J connectivity index is 4.41. The minimum atomic E-state index is -0.791. The Labute approximate surface area is 513 Å². The van der Waals surface area contributed by atoms with Gasteiger partial charge in [0.1, 0.15) is 13.2 Å². The van der Waals surface area contributed by atoms with Gasteiger partial charge in [0.05, 0.1) is 0 Å². The highest BCUT2D eigenvalue weighted by atomic mass is 16.6. The summed E-state index contributed by atoms with van der Waals surface area (Å²) in [6.45, 7) is 6.44. The van der Waals surface area contributed by atoms with Gasteiger partial charge in [-0.2, -0.15) is 0 Å². The van der Waals surface area contributed by atoms with Crippen molar-refractivity contribution in [1.82, 2.24) is 0 Å². The third-order valence-corrected chi connectivity index (χ3v) is 15.0. The fraction of sp³-hybridized carbons (Fsp3) is 0.701. The SMILES string of the molecule is CC/C=C\C/C=C\C/C=C\C/C=C\C/C=C\CCCCCCCCCCCC(=O)OCC(COC(=O)CCCCCCCCCCCCCCCCCCC)OC(=O)CCCCCCCCC/C=C\C/C=C\C/C=C\C/C=C\C/C=C\CC. The molecule has 0 aromatic heterocycles. The molecule has 83 heavy (non-hydrogen) atoms. The fourth-order valence-corrected chi connectivity index (χ4v) is 9.79. The maximum absolute atomic E-state index is 13.0. The summed E-state index contributed by atoms with van der Waals surface area (Å²) in [5, 5.41) is 0. The van der Waals surface area contributed by atoms with E-state index >= 15 is 0 Å². The van der Waals surface area contributed by atoms with Crippen LogP contribution in [0.5, 0.6) is 0 Å². The molecule has 6 nitrogen and oxygen atoms in total. The summed E-state index contributed by atoms with van der Waals surface area (Å²) in [5.74, 6) is -0.888. The van der Waals surface area contributed by atoms with Crippen LogP contribution in [0.1, 0.15) is 329 Å². The number of unbranched alkanes of at least 4 members (excludes halogenated alkanes) is 32. The van der Waals surface area contributed by atoms with Gasteiger partial charge in [-0.05, 0) is 109 Å². The first-order valence-corrected chi connectivity index (χ1v) is 35.0. The summed E-state index contributed by atoms with van der Waals surface area (Å²) in [6, 6.07) is 0. The predicted molar refractivity (Wildman–Crippen MR) is 362 cm³/mol. The molecule has 0 saturated heterocycles. The number of hydrogen-bond acceptors (Lipinski definition) is 6. The topological polar surface area (TPSA) is 78.9 Å². The predicted octanol–water partition coefficient (Wildman–Crippen LogP) is 24.3. The van der Waals surface area contributed by atoms with Crippen LogP contribution in [0.3, 0.4) is 0 Å². The Morgan fingerprint density at radius 2 is 0.470 bits per heavy atom. The van der Waals surface area contributed by atoms with Gasteiger partial charge in [0, 0.05) is 19.3 Å². The number of rotatable bonds is 63. The number of carbonyl (C=O) groups excluding carboxylic acids is 3. The number of carbonyl (C=O) groups is 3. The van der Waals surface area contributed by atoms with Gasteiger partial charge in [0.25, 0.3) is 0 Å². The second-order valence-corrected chi connectivity index (χ2v) is 23.0. The lowest BCUT2D eigenvalue weighted by Gasteiger charge is -2.18. The molecule has 0 aliphatic heterocycles. The first-order chi connectivity index (χ1) is 41.0. The molecule has 0 aliphatic rings. The first-order valence-electron chi connectivity index (χ1n) is 35.0. The Kier molecular flexibility index (Phi) is 66.7. The van der Waals surface area contributed by atoms with E-state index in [1.54, 1.807) is 0 Å². The van der Waals surface area contributed by atoms with Crippen LogP contribution in [0.15, 0.2) is 122 Å². The van der Waals surface area contributed by atoms with Crippen LogP contribution in [0, 0.1) is 0 Å². The Hall–Kier alpha value is -4.19. The maximum atomic E-state index is 13.0. The molecule has 6 heteroatoms. The first kappa shape index (κ1) is 78.8. The van der Waals surface area contributed by atoms with Crippen LogP contribution < -0.4 is 0 Å². The van der Waals surface area contributed by atoms with Crippen molar-refractivity contribution in [3.8, 4) is 0 Å². The van der Waals surface area contributed by atoms with Crippen molar-refractivity contribution in [3.63, 3.8) is 0 Å². The van der Waals surface area contributed by atoms with E-state index in [0.717, 1.165) is 135 Å². The number of ether oxygens (including phenoxy) is 3. The van der Waals surface area contributed by atoms with E-state index in [4.69, 9.17) is 14.2 Å². The lowest BCUT2D eigenvalue weighted by atomic mass is 10.0. The number of esters is 3. The van der Waals surface area contributed by atoms with Gasteiger partial charge in [0.2, 0.25) is 0 Å². The lowest BCUT2D eigenvalue weighted by molar-refractivity contribution is -0.167. The molecule has 0 heterocycles. The van der Waals surface area contributed by atoms with Gasteiger partial charge in [-0.15, -0.1) is 0 Å². The molecule has 1 unspecified atom stereocenters. The Bertz CT molecular complexity index is 1700. The minimum absolute atomic E-state index is 0.0835. The van der Waals surface area contributed by atoms with Crippen LogP contribution >= 0.6 is 0 Å². The zero-order valence-electron chi connectivity index (χ0n) is 54.4. The Morgan fingerprint density at radius 1 is 0.253 bits per heavy atom. The molecule has 0 fully saturated rings. The molecule has 0 bridgehead atoms. The molecule has 0 radical (unpaired) electrons. The summed E-state index contributed by atoms with van der Waals surface area (Å²) in [5.41, 5.74) is 0. The fourth-order valence-electron chi connectivity index (χ4n) is 9.79. The summed E-state index contributed by atoms with van der Waals surface area (Å²) in [4.78, 5) is 38.5. The van der Waals surface area contributed by atoms with Crippen molar-refractivity contribution in [2.45, 2.75) is 335 Å². The standard InChI is InChI=1S/C77H130O6/c1-4-7-10-13-16-19-22-25-28-31-33-35-37-38-40-41-43-46-49-52-55-58-61-64-67-70-76(79)82-73-74(72-81-75(78)69-66-63-60-57-54-51-48-45-30-27-24-21-18-15-12-9-6-3)83-77(80)71-68-65-62-59-56-53-50-47-44-42-39-36-34-32-29-26-23-20-17-14-11-8-5-2/h7-8,10-11,16-17,19-20,25-26,28-29,33-36,38,40,42,44,74H,4-6,9,12-15,18,21-24,27,30-32,37,39,41,43,45-73H2,1-3H3/b10-7-,11-8-,19-16-,20-17-,28-25-,29-26-,35-33-,36-34-,40-38-,44-42-. The highest BCUT2D eigenvalue weighted by Gasteiger charge is 2.19. The second-order valence-electron chi connectivity index (χ2n) is 23.0. The van der Waals surface area contributed by atoms with E-state index in [9.17, 15) is 14.4 Å². The van der Waals surface area contributed by atoms with Crippen LogP contribution in [0.4, 0.5) is 0 Å². The zero-order valence-corrected chi connectivity index (χ0v) is 54.4. The van der Waals surface area contributed by atoms with Crippen molar-refractivity contribution in [1.29, 1.82) is 0 Å².